The van der Waals surface area contributed by atoms with Gasteiger partial charge < -0.3 is 14.1 Å². The third-order valence-electron chi connectivity index (χ3n) is 4.42. The fourth-order valence-electron chi connectivity index (χ4n) is 2.98. The summed E-state index contributed by atoms with van der Waals surface area (Å²) >= 11 is 0. The summed E-state index contributed by atoms with van der Waals surface area (Å²) in [4.78, 5) is 16.7. The first kappa shape index (κ1) is 16.6. The van der Waals surface area contributed by atoms with Crippen LogP contribution in [0.25, 0.3) is 0 Å². The molecular weight excluding hydrogens is 304 g/mol. The largest absolute Gasteiger partial charge is 0.491 e. The summed E-state index contributed by atoms with van der Waals surface area (Å²) in [6.45, 7) is 8.88. The Morgan fingerprint density at radius 3 is 2.79 bits per heavy atom. The molecule has 2 heterocycles. The molecule has 1 amide bonds. The minimum absolute atomic E-state index is 0.0920. The number of furan rings is 1. The topological polar surface area (TPSA) is 45.9 Å². The van der Waals surface area contributed by atoms with E-state index < -0.39 is 0 Å². The maximum absolute atomic E-state index is 12.5. The van der Waals surface area contributed by atoms with Crippen molar-refractivity contribution in [3.8, 4) is 5.75 Å². The van der Waals surface area contributed by atoms with Gasteiger partial charge in [-0.25, -0.2) is 0 Å². The lowest BCUT2D eigenvalue weighted by Gasteiger charge is -2.20. The monoisotopic (exact) mass is 328 g/mol. The van der Waals surface area contributed by atoms with Gasteiger partial charge in [-0.05, 0) is 42.9 Å². The fraction of sp³-hybridized carbons (Fsp3) is 0.421. The normalized spacial score (nSPS) is 14.2. The summed E-state index contributed by atoms with van der Waals surface area (Å²) in [6.07, 6.45) is 1.53. The quantitative estimate of drug-likeness (QED) is 0.846. The zero-order valence-electron chi connectivity index (χ0n) is 14.3. The minimum atomic E-state index is -0.0920. The highest BCUT2D eigenvalue weighted by Crippen LogP contribution is 2.26. The molecule has 0 radical (unpaired) electrons. The lowest BCUT2D eigenvalue weighted by molar-refractivity contribution is 0.0701. The lowest BCUT2D eigenvalue weighted by Crippen LogP contribution is -2.32. The number of carbonyl (C=O) groups excluding carboxylic acids is 1. The Kier molecular flexibility index (Phi) is 5.20. The molecule has 5 nitrogen and oxygen atoms in total. The van der Waals surface area contributed by atoms with Crippen LogP contribution >= 0.6 is 0 Å². The smallest absolute Gasteiger partial charge is 0.289 e. The van der Waals surface area contributed by atoms with E-state index in [9.17, 15) is 4.79 Å². The Morgan fingerprint density at radius 1 is 1.25 bits per heavy atom. The summed E-state index contributed by atoms with van der Waals surface area (Å²) in [6, 6.07) is 9.72. The van der Waals surface area contributed by atoms with E-state index in [1.54, 1.807) is 17.0 Å². The van der Waals surface area contributed by atoms with Crippen molar-refractivity contribution in [3.63, 3.8) is 0 Å². The van der Waals surface area contributed by atoms with Crippen LogP contribution in [-0.4, -0.2) is 41.9 Å². The molecule has 0 N–H and O–H groups in total. The molecule has 0 saturated heterocycles. The zero-order chi connectivity index (χ0) is 16.9. The highest BCUT2D eigenvalue weighted by atomic mass is 16.5. The van der Waals surface area contributed by atoms with Gasteiger partial charge in [0.25, 0.3) is 5.91 Å². The van der Waals surface area contributed by atoms with Crippen LogP contribution < -0.4 is 4.74 Å². The predicted octanol–water partition coefficient (Wildman–Crippen LogP) is 3.16. The number of nitrogens with zero attached hydrogens (tertiary/aromatic N) is 2. The highest BCUT2D eigenvalue weighted by Gasteiger charge is 2.23. The first-order valence-corrected chi connectivity index (χ1v) is 8.51. The molecule has 1 aromatic heterocycles. The van der Waals surface area contributed by atoms with E-state index >= 15 is 0 Å². The maximum Gasteiger partial charge on any atom is 0.289 e. The van der Waals surface area contributed by atoms with E-state index in [4.69, 9.17) is 9.15 Å². The molecule has 0 aliphatic carbocycles. The predicted molar refractivity (Wildman–Crippen MR) is 92.0 cm³/mol. The third kappa shape index (κ3) is 3.62. The van der Waals surface area contributed by atoms with E-state index in [2.05, 4.69) is 30.9 Å². The van der Waals surface area contributed by atoms with E-state index in [1.807, 2.05) is 6.07 Å². The van der Waals surface area contributed by atoms with Gasteiger partial charge >= 0.3 is 0 Å². The molecule has 1 aliphatic rings. The van der Waals surface area contributed by atoms with Crippen LogP contribution in [-0.2, 0) is 13.1 Å². The zero-order valence-corrected chi connectivity index (χ0v) is 14.3. The second-order valence-electron chi connectivity index (χ2n) is 5.96. The van der Waals surface area contributed by atoms with Gasteiger partial charge in [-0.1, -0.05) is 19.9 Å². The Hall–Kier alpha value is -2.27. The molecule has 0 atom stereocenters. The molecule has 128 valence electrons. The summed E-state index contributed by atoms with van der Waals surface area (Å²) in [5.74, 6) is 1.15. The van der Waals surface area contributed by atoms with Crippen LogP contribution in [0.2, 0.25) is 0 Å². The van der Waals surface area contributed by atoms with Crippen LogP contribution in [0.15, 0.2) is 41.0 Å². The van der Waals surface area contributed by atoms with Gasteiger partial charge in [0.2, 0.25) is 0 Å². The van der Waals surface area contributed by atoms with E-state index in [-0.39, 0.29) is 5.91 Å². The van der Waals surface area contributed by atoms with Crippen LogP contribution in [0.1, 0.15) is 35.5 Å². The molecule has 3 rings (SSSR count). The van der Waals surface area contributed by atoms with Gasteiger partial charge in [0.15, 0.2) is 5.76 Å². The first-order valence-electron chi connectivity index (χ1n) is 8.51. The second kappa shape index (κ2) is 7.53. The molecule has 2 aromatic rings. The highest BCUT2D eigenvalue weighted by molar-refractivity contribution is 5.91. The molecule has 1 aliphatic heterocycles. The number of hydrogen-bond acceptors (Lipinski definition) is 4. The summed E-state index contributed by atoms with van der Waals surface area (Å²) in [5, 5.41) is 0. The van der Waals surface area contributed by atoms with Gasteiger partial charge in [-0.2, -0.15) is 0 Å². The number of amides is 1. The fourth-order valence-corrected chi connectivity index (χ4v) is 2.98. The van der Waals surface area contributed by atoms with Gasteiger partial charge in [0.1, 0.15) is 12.4 Å². The van der Waals surface area contributed by atoms with Crippen molar-refractivity contribution < 1.29 is 13.9 Å². The van der Waals surface area contributed by atoms with Crippen molar-refractivity contribution in [2.45, 2.75) is 26.9 Å². The standard InChI is InChI=1S/C19H24N2O3/c1-3-20(4-2)13-15-7-8-17-16(12-15)14-21(9-11-24-17)19(22)18-6-5-10-23-18/h5-8,10,12H,3-4,9,11,13-14H2,1-2H3. The van der Waals surface area contributed by atoms with E-state index in [0.29, 0.717) is 25.5 Å². The summed E-state index contributed by atoms with van der Waals surface area (Å²) in [7, 11) is 0. The van der Waals surface area contributed by atoms with Crippen LogP contribution in [0.4, 0.5) is 0 Å². The van der Waals surface area contributed by atoms with Crippen LogP contribution in [0.3, 0.4) is 0 Å². The third-order valence-corrected chi connectivity index (χ3v) is 4.42. The molecule has 0 saturated carbocycles. The molecule has 24 heavy (non-hydrogen) atoms. The van der Waals surface area contributed by atoms with Gasteiger partial charge in [-0.3, -0.25) is 9.69 Å². The van der Waals surface area contributed by atoms with E-state index in [1.165, 1.54) is 11.8 Å². The van der Waals surface area contributed by atoms with Crippen LogP contribution in [0.5, 0.6) is 5.75 Å². The molecular formula is C19H24N2O3. The second-order valence-corrected chi connectivity index (χ2v) is 5.96. The Balaban J connectivity index is 1.79. The maximum atomic E-state index is 12.5. The van der Waals surface area contributed by atoms with Gasteiger partial charge in [-0.15, -0.1) is 0 Å². The van der Waals surface area contributed by atoms with Crippen LogP contribution in [0, 0.1) is 0 Å². The summed E-state index contributed by atoms with van der Waals surface area (Å²) < 4.78 is 11.1. The molecule has 1 aromatic carbocycles. The Bertz CT molecular complexity index is 678. The first-order chi connectivity index (χ1) is 11.7. The molecule has 5 heteroatoms. The SMILES string of the molecule is CCN(CC)Cc1ccc2c(c1)CN(C(=O)c1ccco1)CCO2. The lowest BCUT2D eigenvalue weighted by atomic mass is 10.1. The number of fused-ring (bicyclic) bond motifs is 1. The van der Waals surface area contributed by atoms with Crippen molar-refractivity contribution >= 4 is 5.91 Å². The number of ether oxygens (including phenoxy) is 1. The average molecular weight is 328 g/mol. The van der Waals surface area contributed by atoms with Gasteiger partial charge in [0.05, 0.1) is 12.8 Å². The van der Waals surface area contributed by atoms with Gasteiger partial charge in [0, 0.05) is 18.7 Å². The number of hydrogen-bond donors (Lipinski definition) is 0. The Morgan fingerprint density at radius 2 is 2.08 bits per heavy atom. The van der Waals surface area contributed by atoms with Crippen molar-refractivity contribution in [1.29, 1.82) is 0 Å². The number of rotatable bonds is 5. The number of benzene rings is 1. The van der Waals surface area contributed by atoms with Crippen molar-refractivity contribution in [3.05, 3.63) is 53.5 Å². The minimum Gasteiger partial charge on any atom is -0.491 e. The van der Waals surface area contributed by atoms with Crippen molar-refractivity contribution in [2.75, 3.05) is 26.2 Å². The molecule has 0 fully saturated rings. The number of carbonyl (C=O) groups is 1. The molecule has 0 bridgehead atoms. The molecule has 0 unspecified atom stereocenters. The van der Waals surface area contributed by atoms with Crippen molar-refractivity contribution in [2.24, 2.45) is 0 Å². The van der Waals surface area contributed by atoms with E-state index in [0.717, 1.165) is 30.9 Å². The Labute approximate surface area is 142 Å². The van der Waals surface area contributed by atoms with Crippen molar-refractivity contribution in [1.82, 2.24) is 9.80 Å². The summed E-state index contributed by atoms with van der Waals surface area (Å²) in [5.41, 5.74) is 2.30. The molecule has 0 spiro atoms. The average Bonchev–Trinajstić information content (AvgIpc) is 3.06.